The zero-order chi connectivity index (χ0) is 25.1. The standard InChI is InChI=1S/C28H29ClN4O3/c1-3-36-26-14-12-24(13-15-26)32-27(20(2)34)30-33(25-10-6-22(29)7-11-25)28(32)21-4-8-23(9-5-21)31-16-18-35-19-17-31/h4-15,28H,3,16-19H2,1-2H3. The molecule has 1 saturated heterocycles. The molecule has 8 heteroatoms. The number of hydrogen-bond acceptors (Lipinski definition) is 7. The number of Topliss-reactive ketones (excluding diaryl/α,β-unsaturated/α-hetero) is 1. The lowest BCUT2D eigenvalue weighted by Crippen LogP contribution is -2.38. The average Bonchev–Trinajstić information content (AvgIpc) is 3.31. The van der Waals surface area contributed by atoms with E-state index in [1.165, 1.54) is 0 Å². The summed E-state index contributed by atoms with van der Waals surface area (Å²) in [4.78, 5) is 17.1. The lowest BCUT2D eigenvalue weighted by molar-refractivity contribution is -0.111. The normalized spacial score (nSPS) is 17.8. The number of benzene rings is 3. The molecule has 1 atom stereocenters. The quantitative estimate of drug-likeness (QED) is 0.423. The van der Waals surface area contributed by atoms with Crippen molar-refractivity contribution in [2.75, 3.05) is 47.7 Å². The smallest absolute Gasteiger partial charge is 0.198 e. The van der Waals surface area contributed by atoms with Gasteiger partial charge in [0.2, 0.25) is 0 Å². The van der Waals surface area contributed by atoms with E-state index in [2.05, 4.69) is 29.2 Å². The van der Waals surface area contributed by atoms with E-state index in [1.807, 2.05) is 65.4 Å². The maximum atomic E-state index is 12.8. The van der Waals surface area contributed by atoms with Crippen LogP contribution in [0, 0.1) is 0 Å². The highest BCUT2D eigenvalue weighted by Crippen LogP contribution is 2.40. The van der Waals surface area contributed by atoms with Crippen molar-refractivity contribution in [2.45, 2.75) is 20.0 Å². The van der Waals surface area contributed by atoms with Gasteiger partial charge < -0.3 is 14.4 Å². The molecule has 0 aromatic heterocycles. The number of amidine groups is 1. The highest BCUT2D eigenvalue weighted by molar-refractivity contribution is 6.44. The van der Waals surface area contributed by atoms with Crippen LogP contribution in [0.2, 0.25) is 5.02 Å². The molecule has 0 amide bonds. The lowest BCUT2D eigenvalue weighted by Gasteiger charge is -2.33. The molecule has 36 heavy (non-hydrogen) atoms. The molecule has 1 unspecified atom stereocenters. The van der Waals surface area contributed by atoms with Gasteiger partial charge in [-0.1, -0.05) is 23.7 Å². The van der Waals surface area contributed by atoms with Crippen molar-refractivity contribution in [3.05, 3.63) is 83.4 Å². The summed E-state index contributed by atoms with van der Waals surface area (Å²) in [6.07, 6.45) is -0.359. The summed E-state index contributed by atoms with van der Waals surface area (Å²) in [6, 6.07) is 23.7. The minimum atomic E-state index is -0.359. The first-order chi connectivity index (χ1) is 17.5. The van der Waals surface area contributed by atoms with Gasteiger partial charge in [-0.2, -0.15) is 0 Å². The molecule has 0 radical (unpaired) electrons. The van der Waals surface area contributed by atoms with Crippen LogP contribution in [0.5, 0.6) is 5.75 Å². The highest BCUT2D eigenvalue weighted by atomic mass is 35.5. The Kier molecular flexibility index (Phi) is 7.11. The first-order valence-corrected chi connectivity index (χ1v) is 12.5. The van der Waals surface area contributed by atoms with Crippen molar-refractivity contribution < 1.29 is 14.3 Å². The van der Waals surface area contributed by atoms with Crippen LogP contribution >= 0.6 is 11.6 Å². The Labute approximate surface area is 216 Å². The van der Waals surface area contributed by atoms with E-state index >= 15 is 0 Å². The number of morpholine rings is 1. The van der Waals surface area contributed by atoms with Crippen molar-refractivity contribution >= 4 is 40.3 Å². The molecule has 186 valence electrons. The fraction of sp³-hybridized carbons (Fsp3) is 0.286. The van der Waals surface area contributed by atoms with E-state index in [-0.39, 0.29) is 11.9 Å². The number of carbonyl (C=O) groups is 1. The van der Waals surface area contributed by atoms with Crippen molar-refractivity contribution in [3.63, 3.8) is 0 Å². The summed E-state index contributed by atoms with van der Waals surface area (Å²) >= 11 is 6.16. The molecular formula is C28H29ClN4O3. The number of anilines is 3. The fourth-order valence-electron chi connectivity index (χ4n) is 4.57. The van der Waals surface area contributed by atoms with E-state index in [4.69, 9.17) is 26.2 Å². The van der Waals surface area contributed by atoms with Crippen molar-refractivity contribution in [3.8, 4) is 5.75 Å². The Balaban J connectivity index is 1.56. The lowest BCUT2D eigenvalue weighted by atomic mass is 10.1. The van der Waals surface area contributed by atoms with Crippen LogP contribution in [-0.2, 0) is 9.53 Å². The van der Waals surface area contributed by atoms with Gasteiger partial charge in [0.15, 0.2) is 17.8 Å². The summed E-state index contributed by atoms with van der Waals surface area (Å²) in [6.45, 7) is 7.29. The number of hydrogen-bond donors (Lipinski definition) is 0. The van der Waals surface area contributed by atoms with Crippen LogP contribution in [0.15, 0.2) is 77.9 Å². The Morgan fingerprint density at radius 3 is 2.17 bits per heavy atom. The number of ether oxygens (including phenoxy) is 2. The molecule has 3 aromatic rings. The third-order valence-electron chi connectivity index (χ3n) is 6.31. The number of ketones is 1. The number of rotatable bonds is 7. The summed E-state index contributed by atoms with van der Waals surface area (Å²) in [5, 5.41) is 7.32. The maximum absolute atomic E-state index is 12.8. The predicted molar refractivity (Wildman–Crippen MR) is 144 cm³/mol. The Morgan fingerprint density at radius 2 is 1.56 bits per heavy atom. The number of nitrogens with zero attached hydrogens (tertiary/aromatic N) is 4. The Bertz CT molecular complexity index is 1220. The minimum absolute atomic E-state index is 0.115. The van der Waals surface area contributed by atoms with Gasteiger partial charge in [-0.15, -0.1) is 5.10 Å². The van der Waals surface area contributed by atoms with Gasteiger partial charge in [0.1, 0.15) is 5.75 Å². The number of hydrazone groups is 1. The van der Waals surface area contributed by atoms with Crippen molar-refractivity contribution in [2.24, 2.45) is 5.10 Å². The van der Waals surface area contributed by atoms with Crippen LogP contribution < -0.4 is 19.5 Å². The largest absolute Gasteiger partial charge is 0.494 e. The fourth-order valence-corrected chi connectivity index (χ4v) is 4.69. The third kappa shape index (κ3) is 4.90. The Hall–Kier alpha value is -3.55. The van der Waals surface area contributed by atoms with Gasteiger partial charge in [0.05, 0.1) is 25.5 Å². The van der Waals surface area contributed by atoms with Crippen LogP contribution in [0.4, 0.5) is 17.1 Å². The molecular weight excluding hydrogens is 476 g/mol. The van der Waals surface area contributed by atoms with E-state index in [0.717, 1.165) is 54.7 Å². The number of halogens is 1. The molecule has 2 aliphatic rings. The van der Waals surface area contributed by atoms with Crippen LogP contribution in [0.25, 0.3) is 0 Å². The molecule has 3 aromatic carbocycles. The summed E-state index contributed by atoms with van der Waals surface area (Å²) in [5.74, 6) is 1.04. The van der Waals surface area contributed by atoms with Crippen molar-refractivity contribution in [1.82, 2.24) is 0 Å². The molecule has 7 nitrogen and oxygen atoms in total. The second kappa shape index (κ2) is 10.6. The monoisotopic (exact) mass is 504 g/mol. The zero-order valence-corrected chi connectivity index (χ0v) is 21.2. The third-order valence-corrected chi connectivity index (χ3v) is 6.56. The number of carbonyl (C=O) groups excluding carboxylic acids is 1. The maximum Gasteiger partial charge on any atom is 0.198 e. The topological polar surface area (TPSA) is 57.6 Å². The zero-order valence-electron chi connectivity index (χ0n) is 20.4. The molecule has 5 rings (SSSR count). The average molecular weight is 505 g/mol. The second-order valence-electron chi connectivity index (χ2n) is 8.66. The van der Waals surface area contributed by atoms with Gasteiger partial charge in [-0.05, 0) is 73.2 Å². The van der Waals surface area contributed by atoms with Gasteiger partial charge in [-0.25, -0.2) is 5.01 Å². The molecule has 0 bridgehead atoms. The van der Waals surface area contributed by atoms with Gasteiger partial charge in [0, 0.05) is 36.4 Å². The van der Waals surface area contributed by atoms with Crippen LogP contribution in [0.3, 0.4) is 0 Å². The summed E-state index contributed by atoms with van der Waals surface area (Å²) in [5.41, 5.74) is 3.86. The van der Waals surface area contributed by atoms with Gasteiger partial charge >= 0.3 is 0 Å². The van der Waals surface area contributed by atoms with Gasteiger partial charge in [0.25, 0.3) is 0 Å². The van der Waals surface area contributed by atoms with E-state index in [1.54, 1.807) is 6.92 Å². The molecule has 2 aliphatic heterocycles. The minimum Gasteiger partial charge on any atom is -0.494 e. The van der Waals surface area contributed by atoms with E-state index in [9.17, 15) is 4.79 Å². The SMILES string of the molecule is CCOc1ccc(N2C(C(C)=O)=NN(c3ccc(Cl)cc3)C2c2ccc(N3CCOCC3)cc2)cc1. The van der Waals surface area contributed by atoms with E-state index < -0.39 is 0 Å². The molecule has 0 aliphatic carbocycles. The summed E-state index contributed by atoms with van der Waals surface area (Å²) < 4.78 is 11.1. The van der Waals surface area contributed by atoms with Crippen LogP contribution in [-0.4, -0.2) is 44.5 Å². The highest BCUT2D eigenvalue weighted by Gasteiger charge is 2.39. The summed E-state index contributed by atoms with van der Waals surface area (Å²) in [7, 11) is 0. The van der Waals surface area contributed by atoms with Gasteiger partial charge in [-0.3, -0.25) is 9.69 Å². The van der Waals surface area contributed by atoms with Crippen molar-refractivity contribution in [1.29, 1.82) is 0 Å². The molecule has 1 fully saturated rings. The second-order valence-corrected chi connectivity index (χ2v) is 9.10. The Morgan fingerprint density at radius 1 is 0.944 bits per heavy atom. The molecule has 0 saturated carbocycles. The van der Waals surface area contributed by atoms with Crippen LogP contribution in [0.1, 0.15) is 25.6 Å². The first kappa shape index (κ1) is 24.2. The molecule has 2 heterocycles. The first-order valence-electron chi connectivity index (χ1n) is 12.1. The molecule has 0 spiro atoms. The predicted octanol–water partition coefficient (Wildman–Crippen LogP) is 5.50. The molecule has 0 N–H and O–H groups in total. The van der Waals surface area contributed by atoms with E-state index in [0.29, 0.717) is 17.5 Å².